The number of H-pyrrole nitrogens is 1. The quantitative estimate of drug-likeness (QED) is 0.0452. The third kappa shape index (κ3) is 22.0. The third-order valence-electron chi connectivity index (χ3n) is 10.8. The number of hydrogen-bond acceptors (Lipinski definition) is 16. The predicted molar refractivity (Wildman–Crippen MR) is 272 cm³/mol. The van der Waals surface area contributed by atoms with Crippen LogP contribution in [0.2, 0.25) is 0 Å². The van der Waals surface area contributed by atoms with Gasteiger partial charge in [0.25, 0.3) is 11.9 Å². The van der Waals surface area contributed by atoms with Gasteiger partial charge in [-0.15, -0.1) is 0 Å². The topological polar surface area (TPSA) is 256 Å². The maximum Gasteiger partial charge on any atom is 0.300 e. The molecule has 1 aromatic carbocycles. The van der Waals surface area contributed by atoms with Gasteiger partial charge in [-0.3, -0.25) is 19.6 Å². The second-order valence-electron chi connectivity index (χ2n) is 16.0. The molecule has 2 aromatic heterocycles. The van der Waals surface area contributed by atoms with Crippen LogP contribution < -0.4 is 9.47 Å². The molecule has 0 amide bonds. The average molecular weight is 1150 g/mol. The number of benzene rings is 1. The van der Waals surface area contributed by atoms with Crippen molar-refractivity contribution in [2.45, 2.75) is 80.1 Å². The number of carboxylic acid groups (broad SMARTS) is 2. The summed E-state index contributed by atoms with van der Waals surface area (Å²) in [6.45, 7) is 15.7. The molecule has 0 fully saturated rings. The first-order valence-electron chi connectivity index (χ1n) is 24.0. The van der Waals surface area contributed by atoms with E-state index >= 15 is 0 Å². The van der Waals surface area contributed by atoms with Gasteiger partial charge in [0.1, 0.15) is 13.2 Å². The molecule has 0 saturated carbocycles. The van der Waals surface area contributed by atoms with Crippen molar-refractivity contribution < 1.29 is 108 Å². The van der Waals surface area contributed by atoms with Gasteiger partial charge in [0.05, 0.1) is 112 Å². The number of methoxy groups -OCH3 is 2. The van der Waals surface area contributed by atoms with E-state index in [2.05, 4.69) is 44.8 Å². The molecule has 19 nitrogen and oxygen atoms in total. The number of nitrogens with one attached hydrogen (secondary N) is 1. The average Bonchev–Trinajstić information content (AvgIpc) is 3.94. The first kappa shape index (κ1) is 63.8. The molecule has 0 radical (unpaired) electrons. The standard InChI is InChI=1S/C48H67N5O10.2C2H4O2.Gd/c1-7-35-36(8-2)40-28-42-38(12-10-14-55)34(4)46(53-42)32-50-44-30-48(63-26-24-61-22-20-59-18-16-57-6)47(62-25-23-60-21-19-58-17-15-56-5)29-43(44)49-31-45-33(3)37(11-9-13-54)41(52-45)27-39(35)51-40;2*1-2(3)4;/h27-32,51,54-55H,7-26H2,1-6H3;2*1H3,(H,3,4);. The van der Waals surface area contributed by atoms with Gasteiger partial charge in [-0.25, -0.2) is 9.97 Å². The minimum absolute atomic E-state index is 0. The van der Waals surface area contributed by atoms with Gasteiger partial charge in [-0.1, -0.05) is 13.8 Å². The smallest absolute Gasteiger partial charge is 0.300 e. The Labute approximate surface area is 455 Å². The van der Waals surface area contributed by atoms with E-state index in [1.807, 2.05) is 12.1 Å². The minimum Gasteiger partial charge on any atom is -0.487 e. The van der Waals surface area contributed by atoms with Crippen molar-refractivity contribution in [1.82, 2.24) is 24.9 Å². The molecule has 20 heteroatoms. The zero-order valence-corrected chi connectivity index (χ0v) is 45.4. The Kier molecular flexibility index (Phi) is 32.4. The number of carbonyl (C=O) groups is 2. The second kappa shape index (κ2) is 36.6. The fraction of sp³-hybridized carbons (Fsp3) is 0.538. The summed E-state index contributed by atoms with van der Waals surface area (Å²) in [6, 6.07) is 7.90. The van der Waals surface area contributed by atoms with Crippen molar-refractivity contribution in [1.29, 1.82) is 0 Å². The number of fused-ring (bicyclic) bond motifs is 7. The van der Waals surface area contributed by atoms with Crippen LogP contribution in [0.1, 0.15) is 101 Å². The summed E-state index contributed by atoms with van der Waals surface area (Å²) in [5.74, 6) is -0.738. The summed E-state index contributed by atoms with van der Waals surface area (Å²) in [7, 11) is 3.28. The van der Waals surface area contributed by atoms with Crippen molar-refractivity contribution in [3.05, 3.63) is 70.6 Å². The third-order valence-corrected chi connectivity index (χ3v) is 10.8. The first-order valence-corrected chi connectivity index (χ1v) is 24.0. The number of aliphatic hydroxyl groups is 2. The molecule has 6 bridgehead atoms. The number of allylic oxidation sites excluding steroid dienone is 4. The number of hydrogen-bond donors (Lipinski definition) is 5. The van der Waals surface area contributed by atoms with Crippen molar-refractivity contribution >= 4 is 56.3 Å². The molecule has 0 aliphatic carbocycles. The number of aliphatic hydroxyl groups excluding tert-OH is 2. The number of aliphatic carboxylic acids is 2. The van der Waals surface area contributed by atoms with Crippen LogP contribution in [-0.4, -0.2) is 164 Å². The van der Waals surface area contributed by atoms with E-state index in [4.69, 9.17) is 77.6 Å². The molecule has 4 heterocycles. The molecule has 2 aliphatic rings. The minimum atomic E-state index is -0.833. The Morgan fingerprint density at radius 3 is 1.19 bits per heavy atom. The van der Waals surface area contributed by atoms with E-state index in [1.165, 1.54) is 11.1 Å². The number of aryl methyl sites for hydroxylation is 2. The van der Waals surface area contributed by atoms with Crippen molar-refractivity contribution in [2.24, 2.45) is 0 Å². The van der Waals surface area contributed by atoms with Gasteiger partial charge in [0.2, 0.25) is 0 Å². The molecule has 5 N–H and O–H groups in total. The van der Waals surface area contributed by atoms with Crippen LogP contribution in [0.5, 0.6) is 11.5 Å². The summed E-state index contributed by atoms with van der Waals surface area (Å²) in [6.07, 6.45) is 7.74. The zero-order valence-electron chi connectivity index (χ0n) is 43.1. The fourth-order valence-electron chi connectivity index (χ4n) is 7.42. The summed E-state index contributed by atoms with van der Waals surface area (Å²) in [5, 5.41) is 34.5. The molecule has 0 unspecified atom stereocenters. The second-order valence-corrected chi connectivity index (χ2v) is 16.0. The molecule has 3 aromatic rings. The van der Waals surface area contributed by atoms with Crippen molar-refractivity contribution in [3.63, 3.8) is 0 Å². The van der Waals surface area contributed by atoms with E-state index in [1.54, 1.807) is 26.6 Å². The molecule has 5 rings (SSSR count). The van der Waals surface area contributed by atoms with Gasteiger partial charge >= 0.3 is 0 Å². The van der Waals surface area contributed by atoms with Gasteiger partial charge < -0.3 is 63.3 Å². The number of ether oxygens (including phenoxy) is 8. The van der Waals surface area contributed by atoms with Crippen LogP contribution in [0.4, 0.5) is 0 Å². The summed E-state index contributed by atoms with van der Waals surface area (Å²) >= 11 is 0. The van der Waals surface area contributed by atoms with E-state index < -0.39 is 11.9 Å². The first-order chi connectivity index (χ1) is 34.3. The summed E-state index contributed by atoms with van der Waals surface area (Å²) in [5.41, 5.74) is 12.8. The molecule has 400 valence electrons. The summed E-state index contributed by atoms with van der Waals surface area (Å²) < 4.78 is 45.3. The molecule has 0 saturated heterocycles. The van der Waals surface area contributed by atoms with E-state index in [9.17, 15) is 10.2 Å². The van der Waals surface area contributed by atoms with E-state index in [0.717, 1.165) is 82.8 Å². The maximum atomic E-state index is 9.86. The van der Waals surface area contributed by atoms with Crippen LogP contribution in [0.15, 0.2) is 36.7 Å². The molecular formula is C52H75GdN5O14. The Morgan fingerprint density at radius 1 is 0.542 bits per heavy atom. The Hall–Kier alpha value is -4.32. The number of aromatic amines is 1. The number of nitrogens with zero attached hydrogens (tertiary/aromatic N) is 4. The van der Waals surface area contributed by atoms with Crippen LogP contribution in [-0.2, 0) is 50.9 Å². The van der Waals surface area contributed by atoms with Crippen LogP contribution in [0.3, 0.4) is 0 Å². The normalized spacial score (nSPS) is 11.8. The zero-order chi connectivity index (χ0) is 52.0. The maximum absolute atomic E-state index is 9.86. The Balaban J connectivity index is 0.00000183. The molecule has 0 atom stereocenters. The monoisotopic (exact) mass is 1150 g/mol. The van der Waals surface area contributed by atoms with Crippen molar-refractivity contribution in [2.75, 3.05) is 107 Å². The number of rotatable bonds is 28. The molecule has 72 heavy (non-hydrogen) atoms. The van der Waals surface area contributed by atoms with Gasteiger partial charge in [0, 0.05) is 104 Å². The van der Waals surface area contributed by atoms with Crippen LogP contribution in [0, 0.1) is 39.9 Å². The Morgan fingerprint density at radius 2 is 0.875 bits per heavy atom. The number of aromatic nitrogens is 5. The predicted octanol–water partition coefficient (Wildman–Crippen LogP) is 7.17. The SMILES string of the molecule is CC(=O)O.CC(=O)O.CCc1c(CC)c2cc3nc(cnc4cc(OCCOCCOCCOC)c(OCCOCCOCCOC)cc4ncc4nc(cc1[nH]2)C(CCCO)=C4C)C(C)=C3CCCO.[Gd]. The van der Waals surface area contributed by atoms with Crippen LogP contribution >= 0.6 is 0 Å². The molecule has 0 spiro atoms. The molecular weight excluding hydrogens is 1080 g/mol. The van der Waals surface area contributed by atoms with Crippen LogP contribution in [0.25, 0.3) is 44.4 Å². The number of carboxylic acids is 2. The van der Waals surface area contributed by atoms with Crippen molar-refractivity contribution in [3.8, 4) is 11.5 Å². The molecule has 2 aliphatic heterocycles. The van der Waals surface area contributed by atoms with E-state index in [0.29, 0.717) is 114 Å². The van der Waals surface area contributed by atoms with Gasteiger partial charge in [0.15, 0.2) is 11.5 Å². The van der Waals surface area contributed by atoms with E-state index in [-0.39, 0.29) is 66.4 Å². The summed E-state index contributed by atoms with van der Waals surface area (Å²) in [4.78, 5) is 42.0. The van der Waals surface area contributed by atoms with Gasteiger partial charge in [-0.2, -0.15) is 0 Å². The fourth-order valence-corrected chi connectivity index (χ4v) is 7.42. The van der Waals surface area contributed by atoms with Gasteiger partial charge in [-0.05, 0) is 97.9 Å². The largest absolute Gasteiger partial charge is 0.487 e. The Bertz CT molecular complexity index is 2240.